The van der Waals surface area contributed by atoms with Crippen LogP contribution in [0.25, 0.3) is 0 Å². The molecule has 0 saturated carbocycles. The average Bonchev–Trinajstić information content (AvgIpc) is 3.38. The summed E-state index contributed by atoms with van der Waals surface area (Å²) in [5.74, 6) is 0.699. The molecule has 3 rings (SSSR count). The number of nitrogens with zero attached hydrogens (tertiary/aromatic N) is 2. The van der Waals surface area contributed by atoms with Crippen LogP contribution in [0.3, 0.4) is 0 Å². The van der Waals surface area contributed by atoms with Crippen LogP contribution in [-0.4, -0.2) is 42.7 Å². The van der Waals surface area contributed by atoms with E-state index < -0.39 is 0 Å². The van der Waals surface area contributed by atoms with E-state index in [2.05, 4.69) is 32.9 Å². The molecule has 1 saturated heterocycles. The quantitative estimate of drug-likeness (QED) is 0.270. The third kappa shape index (κ3) is 7.84. The van der Waals surface area contributed by atoms with E-state index in [0.717, 1.165) is 54.6 Å². The molecule has 1 amide bonds. The molecule has 1 fully saturated rings. The first-order chi connectivity index (χ1) is 14.1. The maximum atomic E-state index is 12.2. The zero-order valence-electron chi connectivity index (χ0n) is 17.4. The third-order valence-corrected chi connectivity index (χ3v) is 5.45. The van der Waals surface area contributed by atoms with Crippen molar-refractivity contribution in [1.82, 2.24) is 15.6 Å². The zero-order valence-corrected chi connectivity index (χ0v) is 20.6. The first-order valence-corrected chi connectivity index (χ1v) is 10.9. The smallest absolute Gasteiger partial charge is 0.253 e. The summed E-state index contributed by atoms with van der Waals surface area (Å²) >= 11 is 1.72. The highest BCUT2D eigenvalue weighted by molar-refractivity contribution is 14.0. The maximum absolute atomic E-state index is 12.2. The van der Waals surface area contributed by atoms with Gasteiger partial charge in [-0.1, -0.05) is 12.1 Å². The van der Waals surface area contributed by atoms with Gasteiger partial charge in [-0.15, -0.1) is 35.3 Å². The molecule has 164 valence electrons. The summed E-state index contributed by atoms with van der Waals surface area (Å²) in [7, 11) is 0. The van der Waals surface area contributed by atoms with Gasteiger partial charge in [0.1, 0.15) is 6.10 Å². The summed E-state index contributed by atoms with van der Waals surface area (Å²) in [6, 6.07) is 7.78. The van der Waals surface area contributed by atoms with Crippen LogP contribution in [0, 0.1) is 6.92 Å². The molecule has 3 N–H and O–H groups in total. The van der Waals surface area contributed by atoms with Gasteiger partial charge in [0.2, 0.25) is 0 Å². The lowest BCUT2D eigenvalue weighted by molar-refractivity contribution is -0.124. The minimum atomic E-state index is -0.331. The Morgan fingerprint density at radius 1 is 1.37 bits per heavy atom. The van der Waals surface area contributed by atoms with Gasteiger partial charge in [-0.3, -0.25) is 4.79 Å². The predicted molar refractivity (Wildman–Crippen MR) is 133 cm³/mol. The average molecular weight is 543 g/mol. The minimum Gasteiger partial charge on any atom is -0.368 e. The number of ether oxygens (including phenoxy) is 1. The van der Waals surface area contributed by atoms with Crippen molar-refractivity contribution >= 4 is 52.9 Å². The molecular formula is C21H30IN5O2S. The number of halogens is 1. The highest BCUT2D eigenvalue weighted by Crippen LogP contribution is 2.16. The summed E-state index contributed by atoms with van der Waals surface area (Å²) in [4.78, 5) is 22.5. The zero-order chi connectivity index (χ0) is 20.5. The Bertz CT molecular complexity index is 836. The van der Waals surface area contributed by atoms with Crippen LogP contribution in [0.1, 0.15) is 35.2 Å². The van der Waals surface area contributed by atoms with Crippen LogP contribution in [0.4, 0.5) is 5.69 Å². The Hall–Kier alpha value is -1.72. The highest BCUT2D eigenvalue weighted by Gasteiger charge is 2.23. The van der Waals surface area contributed by atoms with Crippen LogP contribution in [0.5, 0.6) is 0 Å². The molecule has 0 bridgehead atoms. The van der Waals surface area contributed by atoms with Crippen LogP contribution in [-0.2, 0) is 22.5 Å². The molecular weight excluding hydrogens is 513 g/mol. The van der Waals surface area contributed by atoms with E-state index in [4.69, 9.17) is 4.74 Å². The number of rotatable bonds is 8. The van der Waals surface area contributed by atoms with Gasteiger partial charge < -0.3 is 20.7 Å². The lowest BCUT2D eigenvalue weighted by Gasteiger charge is -2.12. The second-order valence-electron chi connectivity index (χ2n) is 6.93. The number of aryl methyl sites for hydroxylation is 1. The van der Waals surface area contributed by atoms with Crippen molar-refractivity contribution in [2.45, 2.75) is 45.8 Å². The van der Waals surface area contributed by atoms with Crippen molar-refractivity contribution in [2.24, 2.45) is 4.99 Å². The normalized spacial score (nSPS) is 16.1. The number of hydrogen-bond acceptors (Lipinski definition) is 5. The summed E-state index contributed by atoms with van der Waals surface area (Å²) in [5.41, 5.74) is 1.80. The summed E-state index contributed by atoms with van der Waals surface area (Å²) in [5, 5.41) is 10.7. The number of anilines is 1. The Labute approximate surface area is 199 Å². The number of carbonyl (C=O) groups is 1. The predicted octanol–water partition coefficient (Wildman–Crippen LogP) is 3.48. The maximum Gasteiger partial charge on any atom is 0.253 e. The fraction of sp³-hybridized carbons (Fsp3) is 0.476. The minimum absolute atomic E-state index is 0. The number of aliphatic imine (C=N–C) groups is 1. The Kier molecular flexibility index (Phi) is 10.5. The van der Waals surface area contributed by atoms with E-state index in [1.807, 2.05) is 37.4 Å². The number of guanidine groups is 1. The molecule has 1 aliphatic rings. The molecule has 9 heteroatoms. The highest BCUT2D eigenvalue weighted by atomic mass is 127. The SMILES string of the molecule is CCNC(=NCc1cccc(NC(=O)C2CCCO2)c1)NCCc1ncc(C)s1.I. The van der Waals surface area contributed by atoms with Gasteiger partial charge in [-0.05, 0) is 44.4 Å². The summed E-state index contributed by atoms with van der Waals surface area (Å²) in [6.45, 7) is 6.86. The second kappa shape index (κ2) is 12.9. The molecule has 2 aromatic rings. The molecule has 1 aromatic carbocycles. The largest absolute Gasteiger partial charge is 0.368 e. The van der Waals surface area contributed by atoms with E-state index in [1.165, 1.54) is 4.88 Å². The second-order valence-corrected chi connectivity index (χ2v) is 8.25. The molecule has 30 heavy (non-hydrogen) atoms. The first kappa shape index (κ1) is 24.5. The molecule has 7 nitrogen and oxygen atoms in total. The molecule has 1 unspecified atom stereocenters. The fourth-order valence-corrected chi connectivity index (χ4v) is 3.86. The lowest BCUT2D eigenvalue weighted by atomic mass is 10.2. The van der Waals surface area contributed by atoms with Gasteiger partial charge in [0.25, 0.3) is 5.91 Å². The van der Waals surface area contributed by atoms with E-state index in [-0.39, 0.29) is 36.0 Å². The number of carbonyl (C=O) groups excluding carboxylic acids is 1. The van der Waals surface area contributed by atoms with E-state index in [1.54, 1.807) is 11.3 Å². The van der Waals surface area contributed by atoms with Gasteiger partial charge in [-0.2, -0.15) is 0 Å². The number of aromatic nitrogens is 1. The summed E-state index contributed by atoms with van der Waals surface area (Å²) in [6.07, 6.45) is 4.17. The molecule has 0 aliphatic carbocycles. The standard InChI is InChI=1S/C21H29N5O2S.HI/c1-3-22-21(23-10-9-19-24-13-15(2)29-19)25-14-16-6-4-7-17(12-16)26-20(27)18-8-5-11-28-18;/h4,6-7,12-13,18H,3,5,8-11,14H2,1-2H3,(H,26,27)(H2,22,23,25);1H. The van der Waals surface area contributed by atoms with E-state index in [9.17, 15) is 4.79 Å². The molecule has 1 aromatic heterocycles. The van der Waals surface area contributed by atoms with Gasteiger partial charge >= 0.3 is 0 Å². The number of benzene rings is 1. The van der Waals surface area contributed by atoms with Crippen molar-refractivity contribution < 1.29 is 9.53 Å². The lowest BCUT2D eigenvalue weighted by Crippen LogP contribution is -2.38. The van der Waals surface area contributed by atoms with Crippen molar-refractivity contribution in [1.29, 1.82) is 0 Å². The van der Waals surface area contributed by atoms with Gasteiger partial charge in [-0.25, -0.2) is 9.98 Å². The Morgan fingerprint density at radius 2 is 2.23 bits per heavy atom. The number of amides is 1. The van der Waals surface area contributed by atoms with Crippen molar-refractivity contribution in [3.8, 4) is 0 Å². The van der Waals surface area contributed by atoms with Crippen LogP contribution < -0.4 is 16.0 Å². The molecule has 1 aliphatic heterocycles. The van der Waals surface area contributed by atoms with Crippen LogP contribution >= 0.6 is 35.3 Å². The molecule has 2 heterocycles. The first-order valence-electron chi connectivity index (χ1n) is 10.1. The topological polar surface area (TPSA) is 87.6 Å². The monoisotopic (exact) mass is 543 g/mol. The van der Waals surface area contributed by atoms with Crippen molar-refractivity contribution in [2.75, 3.05) is 25.0 Å². The van der Waals surface area contributed by atoms with Gasteiger partial charge in [0.15, 0.2) is 5.96 Å². The van der Waals surface area contributed by atoms with E-state index >= 15 is 0 Å². The Morgan fingerprint density at radius 3 is 2.93 bits per heavy atom. The van der Waals surface area contributed by atoms with E-state index in [0.29, 0.717) is 13.2 Å². The molecule has 0 spiro atoms. The number of nitrogens with one attached hydrogen (secondary N) is 3. The third-order valence-electron chi connectivity index (χ3n) is 4.48. The number of hydrogen-bond donors (Lipinski definition) is 3. The number of thiazole rings is 1. The van der Waals surface area contributed by atoms with Crippen molar-refractivity contribution in [3.05, 3.63) is 45.9 Å². The van der Waals surface area contributed by atoms with Crippen LogP contribution in [0.15, 0.2) is 35.5 Å². The molecule has 1 atom stereocenters. The van der Waals surface area contributed by atoms with Gasteiger partial charge in [0, 0.05) is 42.9 Å². The fourth-order valence-electron chi connectivity index (χ4n) is 3.07. The Balaban J connectivity index is 0.00000320. The van der Waals surface area contributed by atoms with Crippen molar-refractivity contribution in [3.63, 3.8) is 0 Å². The van der Waals surface area contributed by atoms with Crippen LogP contribution in [0.2, 0.25) is 0 Å². The molecule has 0 radical (unpaired) electrons. The summed E-state index contributed by atoms with van der Waals surface area (Å²) < 4.78 is 5.44. The van der Waals surface area contributed by atoms with Gasteiger partial charge in [0.05, 0.1) is 11.6 Å².